The molecule has 0 radical (unpaired) electrons. The van der Waals surface area contributed by atoms with Crippen molar-refractivity contribution in [2.24, 2.45) is 0 Å². The van der Waals surface area contributed by atoms with Crippen LogP contribution in [-0.4, -0.2) is 11.1 Å². The Morgan fingerprint density at radius 1 is 1.30 bits per heavy atom. The molecule has 0 spiro atoms. The molecule has 2 N–H and O–H groups in total. The number of aryl methyl sites for hydroxylation is 1. The summed E-state index contributed by atoms with van der Waals surface area (Å²) in [6.07, 6.45) is 0. The van der Waals surface area contributed by atoms with E-state index >= 15 is 0 Å². The summed E-state index contributed by atoms with van der Waals surface area (Å²) in [5.41, 5.74) is 1.45. The molecule has 1 unspecified atom stereocenters. The van der Waals surface area contributed by atoms with Gasteiger partial charge in [-0.2, -0.15) is 0 Å². The Morgan fingerprint density at radius 3 is 2.60 bits per heavy atom. The predicted octanol–water partition coefficient (Wildman–Crippen LogP) is 4.03. The second-order valence-corrected chi connectivity index (χ2v) is 4.83. The Balaban J connectivity index is 2.38. The molecule has 0 aliphatic carbocycles. The molecule has 5 heteroatoms. The van der Waals surface area contributed by atoms with Crippen LogP contribution >= 0.6 is 11.6 Å². The summed E-state index contributed by atoms with van der Waals surface area (Å²) in [6, 6.07) is 10.2. The number of hydrogen-bond acceptors (Lipinski definition) is 2. The fourth-order valence-electron chi connectivity index (χ4n) is 1.92. The molecule has 0 bridgehead atoms. The monoisotopic (exact) mass is 293 g/mol. The zero-order chi connectivity index (χ0) is 14.7. The minimum absolute atomic E-state index is 0.0110. The highest BCUT2D eigenvalue weighted by Gasteiger charge is 2.22. The van der Waals surface area contributed by atoms with Crippen molar-refractivity contribution < 1.29 is 14.3 Å². The smallest absolute Gasteiger partial charge is 0.330 e. The third-order valence-corrected chi connectivity index (χ3v) is 3.19. The maximum atomic E-state index is 13.7. The average Bonchev–Trinajstić information content (AvgIpc) is 2.38. The van der Waals surface area contributed by atoms with E-state index in [1.54, 1.807) is 18.2 Å². The topological polar surface area (TPSA) is 49.3 Å². The number of anilines is 1. The van der Waals surface area contributed by atoms with Crippen LogP contribution in [0.15, 0.2) is 42.5 Å². The number of rotatable bonds is 4. The number of halogens is 2. The lowest BCUT2D eigenvalue weighted by Crippen LogP contribution is -2.21. The van der Waals surface area contributed by atoms with E-state index in [-0.39, 0.29) is 10.7 Å². The van der Waals surface area contributed by atoms with E-state index in [2.05, 4.69) is 5.32 Å². The van der Waals surface area contributed by atoms with Crippen molar-refractivity contribution >= 4 is 23.3 Å². The molecule has 0 saturated heterocycles. The quantitative estimate of drug-likeness (QED) is 0.895. The van der Waals surface area contributed by atoms with Gasteiger partial charge in [-0.25, -0.2) is 9.18 Å². The Hall–Kier alpha value is -2.07. The van der Waals surface area contributed by atoms with Gasteiger partial charge in [0.1, 0.15) is 5.82 Å². The highest BCUT2D eigenvalue weighted by Crippen LogP contribution is 2.29. The van der Waals surface area contributed by atoms with Gasteiger partial charge in [-0.3, -0.25) is 0 Å². The van der Waals surface area contributed by atoms with Crippen LogP contribution < -0.4 is 5.32 Å². The van der Waals surface area contributed by atoms with Crippen LogP contribution in [0.25, 0.3) is 0 Å². The Kier molecular flexibility index (Phi) is 4.25. The van der Waals surface area contributed by atoms with Crippen molar-refractivity contribution in [2.45, 2.75) is 13.0 Å². The molecule has 0 aliphatic rings. The summed E-state index contributed by atoms with van der Waals surface area (Å²) >= 11 is 5.90. The molecular weight excluding hydrogens is 281 g/mol. The zero-order valence-corrected chi connectivity index (χ0v) is 11.5. The molecule has 0 aromatic heterocycles. The summed E-state index contributed by atoms with van der Waals surface area (Å²) in [7, 11) is 0. The lowest BCUT2D eigenvalue weighted by atomic mass is 10.0. The molecule has 2 aromatic carbocycles. The lowest BCUT2D eigenvalue weighted by molar-refractivity contribution is -0.138. The number of nitrogens with one attached hydrogen (secondary N) is 1. The number of aliphatic carboxylic acids is 1. The second-order valence-electron chi connectivity index (χ2n) is 4.43. The number of carbonyl (C=O) groups is 1. The number of carboxylic acid groups (broad SMARTS) is 1. The largest absolute Gasteiger partial charge is 0.479 e. The van der Waals surface area contributed by atoms with Crippen LogP contribution in [0.4, 0.5) is 10.1 Å². The standard InChI is InChI=1S/C15H13ClFNO2/c1-9-4-2-5-10(8-9)13(15(19)20)18-14-11(16)6-3-7-12(14)17/h2-8,13,18H,1H3,(H,19,20). The molecule has 1 atom stereocenters. The van der Waals surface area contributed by atoms with Gasteiger partial charge in [0.25, 0.3) is 0 Å². The predicted molar refractivity (Wildman–Crippen MR) is 76.6 cm³/mol. The number of benzene rings is 2. The van der Waals surface area contributed by atoms with Gasteiger partial charge in [0.2, 0.25) is 0 Å². The first-order chi connectivity index (χ1) is 9.49. The summed E-state index contributed by atoms with van der Waals surface area (Å²) in [6.45, 7) is 1.86. The van der Waals surface area contributed by atoms with Crippen LogP contribution in [-0.2, 0) is 4.79 Å². The van der Waals surface area contributed by atoms with Gasteiger partial charge in [0.05, 0.1) is 10.7 Å². The van der Waals surface area contributed by atoms with E-state index in [4.69, 9.17) is 11.6 Å². The first-order valence-corrected chi connectivity index (χ1v) is 6.37. The molecule has 0 amide bonds. The molecule has 0 saturated carbocycles. The molecule has 0 fully saturated rings. The van der Waals surface area contributed by atoms with Gasteiger partial charge < -0.3 is 10.4 Å². The third-order valence-electron chi connectivity index (χ3n) is 2.87. The van der Waals surface area contributed by atoms with Crippen LogP contribution in [0.2, 0.25) is 5.02 Å². The molecule has 3 nitrogen and oxygen atoms in total. The maximum absolute atomic E-state index is 13.7. The van der Waals surface area contributed by atoms with E-state index in [0.29, 0.717) is 5.56 Å². The van der Waals surface area contributed by atoms with Gasteiger partial charge in [-0.1, -0.05) is 47.5 Å². The van der Waals surface area contributed by atoms with E-state index in [0.717, 1.165) is 5.56 Å². The van der Waals surface area contributed by atoms with Crippen molar-refractivity contribution in [1.82, 2.24) is 0 Å². The number of hydrogen-bond donors (Lipinski definition) is 2. The molecule has 2 aromatic rings. The van der Waals surface area contributed by atoms with Gasteiger partial charge in [-0.15, -0.1) is 0 Å². The fourth-order valence-corrected chi connectivity index (χ4v) is 2.13. The molecule has 20 heavy (non-hydrogen) atoms. The van der Waals surface area contributed by atoms with Gasteiger partial charge >= 0.3 is 5.97 Å². The highest BCUT2D eigenvalue weighted by molar-refractivity contribution is 6.33. The van der Waals surface area contributed by atoms with Crippen LogP contribution in [0.1, 0.15) is 17.2 Å². The maximum Gasteiger partial charge on any atom is 0.330 e. The van der Waals surface area contributed by atoms with E-state index in [9.17, 15) is 14.3 Å². The summed E-state index contributed by atoms with van der Waals surface area (Å²) in [4.78, 5) is 11.4. The lowest BCUT2D eigenvalue weighted by Gasteiger charge is -2.18. The van der Waals surface area contributed by atoms with E-state index in [1.807, 2.05) is 13.0 Å². The normalized spacial score (nSPS) is 11.9. The Labute approximate surface area is 121 Å². The van der Waals surface area contributed by atoms with Gasteiger partial charge in [0.15, 0.2) is 6.04 Å². The van der Waals surface area contributed by atoms with E-state index in [1.165, 1.54) is 18.2 Å². The Morgan fingerprint density at radius 2 is 2.00 bits per heavy atom. The van der Waals surface area contributed by atoms with Gasteiger partial charge in [-0.05, 0) is 24.6 Å². The second kappa shape index (κ2) is 5.92. The van der Waals surface area contributed by atoms with Crippen molar-refractivity contribution in [3.8, 4) is 0 Å². The van der Waals surface area contributed by atoms with Gasteiger partial charge in [0, 0.05) is 0 Å². The van der Waals surface area contributed by atoms with E-state index < -0.39 is 17.8 Å². The third kappa shape index (κ3) is 3.08. The molecular formula is C15H13ClFNO2. The SMILES string of the molecule is Cc1cccc(C(Nc2c(F)cccc2Cl)C(=O)O)c1. The molecule has 0 aliphatic heterocycles. The highest BCUT2D eigenvalue weighted by atomic mass is 35.5. The van der Waals surface area contributed by atoms with Crippen molar-refractivity contribution in [3.63, 3.8) is 0 Å². The first kappa shape index (κ1) is 14.3. The summed E-state index contributed by atoms with van der Waals surface area (Å²) in [5.74, 6) is -1.69. The van der Waals surface area contributed by atoms with Crippen molar-refractivity contribution in [1.29, 1.82) is 0 Å². The molecule has 2 rings (SSSR count). The fraction of sp³-hybridized carbons (Fsp3) is 0.133. The molecule has 0 heterocycles. The number of carboxylic acids is 1. The van der Waals surface area contributed by atoms with Crippen LogP contribution in [0, 0.1) is 12.7 Å². The van der Waals surface area contributed by atoms with Crippen LogP contribution in [0.5, 0.6) is 0 Å². The minimum Gasteiger partial charge on any atom is -0.479 e. The minimum atomic E-state index is -1.10. The summed E-state index contributed by atoms with van der Waals surface area (Å²) in [5, 5.41) is 12.1. The zero-order valence-electron chi connectivity index (χ0n) is 10.7. The summed E-state index contributed by atoms with van der Waals surface area (Å²) < 4.78 is 13.7. The average molecular weight is 294 g/mol. The molecule has 104 valence electrons. The Bertz CT molecular complexity index is 625. The first-order valence-electron chi connectivity index (χ1n) is 5.99. The number of para-hydroxylation sites is 1. The van der Waals surface area contributed by atoms with Crippen LogP contribution in [0.3, 0.4) is 0 Å². The van der Waals surface area contributed by atoms with Crippen molar-refractivity contribution in [3.05, 3.63) is 64.4 Å². The van der Waals surface area contributed by atoms with Crippen molar-refractivity contribution in [2.75, 3.05) is 5.32 Å².